The summed E-state index contributed by atoms with van der Waals surface area (Å²) in [4.78, 5) is 0. The van der Waals surface area contributed by atoms with Crippen LogP contribution in [0.4, 0.5) is 4.39 Å². The van der Waals surface area contributed by atoms with Gasteiger partial charge in [0.2, 0.25) is 0 Å². The summed E-state index contributed by atoms with van der Waals surface area (Å²) in [6.45, 7) is 7.37. The third-order valence-corrected chi connectivity index (χ3v) is 4.02. The van der Waals surface area contributed by atoms with Gasteiger partial charge in [0.05, 0.1) is 0 Å². The van der Waals surface area contributed by atoms with E-state index in [0.29, 0.717) is 11.5 Å². The van der Waals surface area contributed by atoms with Crippen molar-refractivity contribution in [2.24, 2.45) is 5.41 Å². The minimum absolute atomic E-state index is 0.113. The van der Waals surface area contributed by atoms with Gasteiger partial charge in [0.1, 0.15) is 5.82 Å². The molecule has 1 unspecified atom stereocenters. The van der Waals surface area contributed by atoms with E-state index in [1.165, 1.54) is 31.2 Å². The zero-order valence-electron chi connectivity index (χ0n) is 11.7. The molecule has 100 valence electrons. The van der Waals surface area contributed by atoms with Crippen molar-refractivity contribution in [3.8, 4) is 0 Å². The lowest BCUT2D eigenvalue weighted by Gasteiger charge is -2.35. The Balaban J connectivity index is 1.89. The Hall–Kier alpha value is -0.890. The van der Waals surface area contributed by atoms with E-state index >= 15 is 0 Å². The maximum atomic E-state index is 13.2. The van der Waals surface area contributed by atoms with Crippen molar-refractivity contribution < 1.29 is 4.39 Å². The number of benzene rings is 1. The van der Waals surface area contributed by atoms with Crippen LogP contribution in [0.1, 0.15) is 50.7 Å². The largest absolute Gasteiger partial charge is 0.310 e. The normalized spacial score (nSPS) is 23.0. The van der Waals surface area contributed by atoms with Crippen LogP contribution >= 0.6 is 0 Å². The number of rotatable bonds is 3. The summed E-state index contributed by atoms with van der Waals surface area (Å²) in [7, 11) is 0. The van der Waals surface area contributed by atoms with E-state index in [1.54, 1.807) is 6.07 Å². The Kier molecular flexibility index (Phi) is 4.06. The molecule has 1 aliphatic rings. The zero-order chi connectivity index (χ0) is 13.2. The second kappa shape index (κ2) is 5.40. The number of hydrogen-bond acceptors (Lipinski definition) is 1. The van der Waals surface area contributed by atoms with E-state index in [2.05, 4.69) is 19.2 Å². The lowest BCUT2D eigenvalue weighted by molar-refractivity contribution is 0.198. The summed E-state index contributed by atoms with van der Waals surface area (Å²) in [6.07, 6.45) is 5.16. The lowest BCUT2D eigenvalue weighted by Crippen LogP contribution is -2.36. The molecule has 2 rings (SSSR count). The third-order valence-electron chi connectivity index (χ3n) is 4.02. The predicted molar refractivity (Wildman–Crippen MR) is 74.0 cm³/mol. The van der Waals surface area contributed by atoms with E-state index < -0.39 is 0 Å². The molecule has 2 heteroatoms. The van der Waals surface area contributed by atoms with Crippen LogP contribution in [-0.4, -0.2) is 6.04 Å². The average Bonchev–Trinajstić information content (AvgIpc) is 2.29. The molecule has 1 aromatic rings. The predicted octanol–water partition coefficient (Wildman–Crippen LogP) is 4.19. The first kappa shape index (κ1) is 13.5. The zero-order valence-corrected chi connectivity index (χ0v) is 11.7. The van der Waals surface area contributed by atoms with Crippen LogP contribution in [-0.2, 0) is 6.54 Å². The Morgan fingerprint density at radius 1 is 1.39 bits per heavy atom. The molecule has 0 spiro atoms. The van der Waals surface area contributed by atoms with Crippen LogP contribution < -0.4 is 5.32 Å². The molecule has 0 aromatic heterocycles. The van der Waals surface area contributed by atoms with Crippen LogP contribution in [0.3, 0.4) is 0 Å². The van der Waals surface area contributed by atoms with Crippen molar-refractivity contribution in [3.05, 3.63) is 35.1 Å². The van der Waals surface area contributed by atoms with Gasteiger partial charge < -0.3 is 5.32 Å². The Morgan fingerprint density at radius 3 is 2.83 bits per heavy atom. The monoisotopic (exact) mass is 249 g/mol. The molecule has 18 heavy (non-hydrogen) atoms. The summed E-state index contributed by atoms with van der Waals surface area (Å²) >= 11 is 0. The first-order valence-corrected chi connectivity index (χ1v) is 6.95. The Bertz CT molecular complexity index is 412. The quantitative estimate of drug-likeness (QED) is 0.847. The van der Waals surface area contributed by atoms with Gasteiger partial charge in [-0.25, -0.2) is 4.39 Å². The maximum absolute atomic E-state index is 13.2. The van der Waals surface area contributed by atoms with Gasteiger partial charge in [-0.2, -0.15) is 0 Å². The van der Waals surface area contributed by atoms with Crippen molar-refractivity contribution in [2.75, 3.05) is 0 Å². The smallest absolute Gasteiger partial charge is 0.126 e. The topological polar surface area (TPSA) is 12.0 Å². The minimum Gasteiger partial charge on any atom is -0.310 e. The fourth-order valence-corrected chi connectivity index (χ4v) is 2.95. The minimum atomic E-state index is -0.113. The van der Waals surface area contributed by atoms with Crippen molar-refractivity contribution in [1.29, 1.82) is 0 Å². The van der Waals surface area contributed by atoms with E-state index in [9.17, 15) is 4.39 Å². The highest BCUT2D eigenvalue weighted by Crippen LogP contribution is 2.35. The van der Waals surface area contributed by atoms with Gasteiger partial charge in [0, 0.05) is 12.6 Å². The number of nitrogens with one attached hydrogen (secondary N) is 1. The van der Waals surface area contributed by atoms with Gasteiger partial charge in [0.25, 0.3) is 0 Å². The third kappa shape index (κ3) is 3.55. The molecule has 1 saturated carbocycles. The molecule has 0 bridgehead atoms. The number of aryl methyl sites for hydroxylation is 1. The molecular formula is C16H24FN. The van der Waals surface area contributed by atoms with Gasteiger partial charge >= 0.3 is 0 Å². The SMILES string of the molecule is Cc1cc(CNC2CCCC(C)(C)C2)ccc1F. The summed E-state index contributed by atoms with van der Waals surface area (Å²) in [5.41, 5.74) is 2.38. The van der Waals surface area contributed by atoms with Gasteiger partial charge in [-0.3, -0.25) is 0 Å². The van der Waals surface area contributed by atoms with E-state index in [4.69, 9.17) is 0 Å². The van der Waals surface area contributed by atoms with Crippen LogP contribution in [0.5, 0.6) is 0 Å². The number of hydrogen-bond donors (Lipinski definition) is 1. The van der Waals surface area contributed by atoms with Gasteiger partial charge in [-0.15, -0.1) is 0 Å². The van der Waals surface area contributed by atoms with Crippen LogP contribution in [0.2, 0.25) is 0 Å². The van der Waals surface area contributed by atoms with Crippen LogP contribution in [0, 0.1) is 18.2 Å². The Morgan fingerprint density at radius 2 is 2.17 bits per heavy atom. The molecule has 0 amide bonds. The molecule has 1 fully saturated rings. The van der Waals surface area contributed by atoms with Crippen molar-refractivity contribution >= 4 is 0 Å². The first-order chi connectivity index (χ1) is 8.46. The molecule has 0 heterocycles. The summed E-state index contributed by atoms with van der Waals surface area (Å²) in [5.74, 6) is -0.113. The molecule has 0 radical (unpaired) electrons. The van der Waals surface area contributed by atoms with Crippen LogP contribution in [0.25, 0.3) is 0 Å². The van der Waals surface area contributed by atoms with Gasteiger partial charge in [-0.1, -0.05) is 32.4 Å². The molecule has 0 aliphatic heterocycles. The van der Waals surface area contributed by atoms with Crippen molar-refractivity contribution in [3.63, 3.8) is 0 Å². The molecule has 0 saturated heterocycles. The van der Waals surface area contributed by atoms with E-state index in [0.717, 1.165) is 12.1 Å². The highest BCUT2D eigenvalue weighted by Gasteiger charge is 2.27. The van der Waals surface area contributed by atoms with Gasteiger partial charge in [0.15, 0.2) is 0 Å². The summed E-state index contributed by atoms with van der Waals surface area (Å²) in [5, 5.41) is 3.62. The average molecular weight is 249 g/mol. The van der Waals surface area contributed by atoms with Crippen molar-refractivity contribution in [1.82, 2.24) is 5.32 Å². The molecule has 1 aliphatic carbocycles. The maximum Gasteiger partial charge on any atom is 0.126 e. The molecule has 1 atom stereocenters. The van der Waals surface area contributed by atoms with E-state index in [1.807, 2.05) is 19.1 Å². The van der Waals surface area contributed by atoms with Crippen LogP contribution in [0.15, 0.2) is 18.2 Å². The highest BCUT2D eigenvalue weighted by atomic mass is 19.1. The molecular weight excluding hydrogens is 225 g/mol. The Labute approximate surface area is 110 Å². The standard InChI is InChI=1S/C16H24FN/c1-12-9-13(6-7-15(12)17)11-18-14-5-4-8-16(2,3)10-14/h6-7,9,14,18H,4-5,8,10-11H2,1-3H3. The van der Waals surface area contributed by atoms with Gasteiger partial charge in [-0.05, 0) is 48.8 Å². The molecule has 1 N–H and O–H groups in total. The summed E-state index contributed by atoms with van der Waals surface area (Å²) < 4.78 is 13.2. The van der Waals surface area contributed by atoms with E-state index in [-0.39, 0.29) is 5.82 Å². The number of halogens is 1. The molecule has 1 aromatic carbocycles. The first-order valence-electron chi connectivity index (χ1n) is 6.95. The summed E-state index contributed by atoms with van der Waals surface area (Å²) in [6, 6.07) is 6.00. The second-order valence-electron chi connectivity index (χ2n) is 6.42. The fraction of sp³-hybridized carbons (Fsp3) is 0.625. The molecule has 1 nitrogen and oxygen atoms in total. The second-order valence-corrected chi connectivity index (χ2v) is 6.42. The lowest BCUT2D eigenvalue weighted by atomic mass is 9.75. The van der Waals surface area contributed by atoms with Crippen molar-refractivity contribution in [2.45, 2.75) is 59.0 Å². The highest BCUT2D eigenvalue weighted by molar-refractivity contribution is 5.23. The fourth-order valence-electron chi connectivity index (χ4n) is 2.95.